The smallest absolute Gasteiger partial charge is 0.0936 e. The number of nitrogens with zero attached hydrogens (tertiary/aromatic N) is 1. The summed E-state index contributed by atoms with van der Waals surface area (Å²) in [5.41, 5.74) is 8.09. The lowest BCUT2D eigenvalue weighted by Gasteiger charge is -2.07. The Kier molecular flexibility index (Phi) is 4.67. The summed E-state index contributed by atoms with van der Waals surface area (Å²) in [6.07, 6.45) is 0.745. The summed E-state index contributed by atoms with van der Waals surface area (Å²) in [5.74, 6) is 0.902. The van der Waals surface area contributed by atoms with Crippen molar-refractivity contribution in [3.63, 3.8) is 0 Å². The number of hydrogen-bond acceptors (Lipinski definition) is 3. The summed E-state index contributed by atoms with van der Waals surface area (Å²) in [4.78, 5) is 1.29. The molecule has 2 N–H and O–H groups in total. The van der Waals surface area contributed by atoms with Crippen LogP contribution < -0.4 is 5.73 Å². The molecule has 0 amide bonds. The molecule has 1 aromatic rings. The summed E-state index contributed by atoms with van der Waals surface area (Å²) < 4.78 is 0. The molecule has 0 aliphatic rings. The number of thioether (sulfide) groups is 1. The molecule has 0 saturated heterocycles. The zero-order valence-electron chi connectivity index (χ0n) is 9.16. The second-order valence-electron chi connectivity index (χ2n) is 3.64. The molecule has 0 aliphatic heterocycles. The summed E-state index contributed by atoms with van der Waals surface area (Å²) in [7, 11) is 0. The van der Waals surface area contributed by atoms with E-state index >= 15 is 0 Å². The van der Waals surface area contributed by atoms with E-state index in [9.17, 15) is 0 Å². The van der Waals surface area contributed by atoms with Gasteiger partial charge in [-0.3, -0.25) is 0 Å². The van der Waals surface area contributed by atoms with E-state index in [0.717, 1.165) is 12.2 Å². The van der Waals surface area contributed by atoms with Crippen LogP contribution in [0.1, 0.15) is 17.5 Å². The van der Waals surface area contributed by atoms with Crippen molar-refractivity contribution in [2.75, 3.05) is 5.75 Å². The van der Waals surface area contributed by atoms with Gasteiger partial charge in [-0.15, -0.1) is 11.8 Å². The Morgan fingerprint density at radius 3 is 2.87 bits per heavy atom. The molecule has 0 aliphatic carbocycles. The summed E-state index contributed by atoms with van der Waals surface area (Å²) in [6, 6.07) is 8.13. The van der Waals surface area contributed by atoms with Crippen LogP contribution in [0.4, 0.5) is 0 Å². The molecule has 1 atom stereocenters. The maximum Gasteiger partial charge on any atom is 0.0936 e. The first-order valence-electron chi connectivity index (χ1n) is 4.98. The van der Waals surface area contributed by atoms with Gasteiger partial charge in [-0.1, -0.05) is 17.7 Å². The molecular formula is C12H16N2S. The third kappa shape index (κ3) is 3.94. The minimum absolute atomic E-state index is 0.331. The first-order chi connectivity index (χ1) is 7.13. The molecule has 1 aromatic carbocycles. The predicted molar refractivity (Wildman–Crippen MR) is 64.8 cm³/mol. The second-order valence-corrected chi connectivity index (χ2v) is 4.78. The number of rotatable bonds is 4. The van der Waals surface area contributed by atoms with E-state index in [2.05, 4.69) is 32.0 Å². The number of benzene rings is 1. The van der Waals surface area contributed by atoms with E-state index < -0.39 is 0 Å². The SMILES string of the molecule is Cc1ccc(C)c(SCCC(N)C#N)c1. The molecule has 0 spiro atoms. The second kappa shape index (κ2) is 5.79. The van der Waals surface area contributed by atoms with E-state index in [4.69, 9.17) is 11.0 Å². The molecule has 80 valence electrons. The van der Waals surface area contributed by atoms with E-state index in [1.165, 1.54) is 16.0 Å². The fourth-order valence-electron chi connectivity index (χ4n) is 1.22. The molecule has 15 heavy (non-hydrogen) atoms. The van der Waals surface area contributed by atoms with Gasteiger partial charge in [0.25, 0.3) is 0 Å². The monoisotopic (exact) mass is 220 g/mol. The highest BCUT2D eigenvalue weighted by atomic mass is 32.2. The van der Waals surface area contributed by atoms with Crippen LogP contribution >= 0.6 is 11.8 Å². The molecule has 0 bridgehead atoms. The number of hydrogen-bond donors (Lipinski definition) is 1. The molecule has 0 fully saturated rings. The number of nitrogens with two attached hydrogens (primary N) is 1. The van der Waals surface area contributed by atoms with Gasteiger partial charge in [0.15, 0.2) is 0 Å². The minimum atomic E-state index is -0.331. The lowest BCUT2D eigenvalue weighted by atomic mass is 10.2. The molecule has 3 heteroatoms. The van der Waals surface area contributed by atoms with Crippen molar-refractivity contribution in [3.8, 4) is 6.07 Å². The van der Waals surface area contributed by atoms with E-state index in [1.54, 1.807) is 11.8 Å². The van der Waals surface area contributed by atoms with Crippen LogP contribution in [0.2, 0.25) is 0 Å². The lowest BCUT2D eigenvalue weighted by Crippen LogP contribution is -2.17. The highest BCUT2D eigenvalue weighted by Gasteiger charge is 2.02. The van der Waals surface area contributed by atoms with Crippen LogP contribution in [0.15, 0.2) is 23.1 Å². The molecule has 0 radical (unpaired) electrons. The molecule has 1 unspecified atom stereocenters. The highest BCUT2D eigenvalue weighted by molar-refractivity contribution is 7.99. The minimum Gasteiger partial charge on any atom is -0.316 e. The molecule has 1 rings (SSSR count). The lowest BCUT2D eigenvalue weighted by molar-refractivity contribution is 0.803. The first-order valence-corrected chi connectivity index (χ1v) is 5.97. The van der Waals surface area contributed by atoms with E-state index in [1.807, 2.05) is 6.07 Å². The van der Waals surface area contributed by atoms with Crippen molar-refractivity contribution in [2.24, 2.45) is 5.73 Å². The van der Waals surface area contributed by atoms with Crippen LogP contribution in [0, 0.1) is 25.2 Å². The fraction of sp³-hybridized carbons (Fsp3) is 0.417. The van der Waals surface area contributed by atoms with Crippen molar-refractivity contribution in [3.05, 3.63) is 29.3 Å². The maximum atomic E-state index is 8.55. The largest absolute Gasteiger partial charge is 0.316 e. The normalized spacial score (nSPS) is 12.1. The van der Waals surface area contributed by atoms with Crippen molar-refractivity contribution < 1.29 is 0 Å². The van der Waals surface area contributed by atoms with Crippen LogP contribution in [-0.2, 0) is 0 Å². The fourth-order valence-corrected chi connectivity index (χ4v) is 2.38. The Morgan fingerprint density at radius 2 is 2.20 bits per heavy atom. The zero-order chi connectivity index (χ0) is 11.3. The maximum absolute atomic E-state index is 8.55. The van der Waals surface area contributed by atoms with Crippen molar-refractivity contribution >= 4 is 11.8 Å². The van der Waals surface area contributed by atoms with Gasteiger partial charge in [0.1, 0.15) is 0 Å². The standard InChI is InChI=1S/C12H16N2S/c1-9-3-4-10(2)12(7-9)15-6-5-11(14)8-13/h3-4,7,11H,5-6,14H2,1-2H3. The van der Waals surface area contributed by atoms with Gasteiger partial charge in [-0.25, -0.2) is 0 Å². The Labute approximate surface area is 95.5 Å². The molecular weight excluding hydrogens is 204 g/mol. The predicted octanol–water partition coefficient (Wildman–Crippen LogP) is 2.64. The van der Waals surface area contributed by atoms with Crippen LogP contribution in [0.3, 0.4) is 0 Å². The summed E-state index contributed by atoms with van der Waals surface area (Å²) >= 11 is 1.77. The number of aryl methyl sites for hydroxylation is 2. The van der Waals surface area contributed by atoms with Crippen LogP contribution in [0.5, 0.6) is 0 Å². The van der Waals surface area contributed by atoms with E-state index in [-0.39, 0.29) is 6.04 Å². The average molecular weight is 220 g/mol. The van der Waals surface area contributed by atoms with Gasteiger partial charge in [-0.2, -0.15) is 5.26 Å². The third-order valence-corrected chi connectivity index (χ3v) is 3.39. The molecule has 0 heterocycles. The highest BCUT2D eigenvalue weighted by Crippen LogP contribution is 2.24. The summed E-state index contributed by atoms with van der Waals surface area (Å²) in [5, 5.41) is 8.55. The number of nitriles is 1. The van der Waals surface area contributed by atoms with Gasteiger partial charge >= 0.3 is 0 Å². The zero-order valence-corrected chi connectivity index (χ0v) is 9.97. The summed E-state index contributed by atoms with van der Waals surface area (Å²) in [6.45, 7) is 4.19. The molecule has 0 saturated carbocycles. The Morgan fingerprint density at radius 1 is 1.47 bits per heavy atom. The van der Waals surface area contributed by atoms with Crippen molar-refractivity contribution in [1.29, 1.82) is 5.26 Å². The van der Waals surface area contributed by atoms with Crippen LogP contribution in [0.25, 0.3) is 0 Å². The van der Waals surface area contributed by atoms with Gasteiger partial charge in [0.2, 0.25) is 0 Å². The Hall–Kier alpha value is -0.980. The van der Waals surface area contributed by atoms with Crippen molar-refractivity contribution in [2.45, 2.75) is 31.2 Å². The molecule has 2 nitrogen and oxygen atoms in total. The topological polar surface area (TPSA) is 49.8 Å². The first kappa shape index (κ1) is 12.1. The van der Waals surface area contributed by atoms with E-state index in [0.29, 0.717) is 0 Å². The average Bonchev–Trinajstić information content (AvgIpc) is 2.23. The molecule has 0 aromatic heterocycles. The quantitative estimate of drug-likeness (QED) is 0.794. The Balaban J connectivity index is 2.51. The third-order valence-electron chi connectivity index (χ3n) is 2.20. The van der Waals surface area contributed by atoms with Crippen LogP contribution in [-0.4, -0.2) is 11.8 Å². The van der Waals surface area contributed by atoms with Gasteiger partial charge in [0.05, 0.1) is 12.1 Å². The van der Waals surface area contributed by atoms with Crippen molar-refractivity contribution in [1.82, 2.24) is 0 Å². The van der Waals surface area contributed by atoms with Gasteiger partial charge in [-0.05, 0) is 31.9 Å². The Bertz CT molecular complexity index is 368. The van der Waals surface area contributed by atoms with Gasteiger partial charge < -0.3 is 5.73 Å². The van der Waals surface area contributed by atoms with Gasteiger partial charge in [0, 0.05) is 10.6 Å².